The highest BCUT2D eigenvalue weighted by Gasteiger charge is 2.45. The Labute approximate surface area is 296 Å². The van der Waals surface area contributed by atoms with Crippen molar-refractivity contribution in [3.05, 3.63) is 138 Å². The van der Waals surface area contributed by atoms with E-state index in [4.69, 9.17) is 15.0 Å². The van der Waals surface area contributed by atoms with Crippen LogP contribution in [-0.2, 0) is 5.41 Å². The Morgan fingerprint density at radius 3 is 1.70 bits per heavy atom. The zero-order valence-electron chi connectivity index (χ0n) is 29.1. The van der Waals surface area contributed by atoms with Crippen molar-refractivity contribution in [1.29, 1.82) is 5.26 Å². The molecule has 0 aliphatic heterocycles. The first kappa shape index (κ1) is 31.8. The van der Waals surface area contributed by atoms with Crippen LogP contribution in [-0.4, -0.2) is 15.0 Å². The summed E-state index contributed by atoms with van der Waals surface area (Å²) in [6.07, 6.45) is 6.69. The fraction of sp³-hybridized carbons (Fsp3) is 0.261. The first-order valence-electron chi connectivity index (χ1n) is 18.0. The first-order chi connectivity index (χ1) is 24.4. The number of nitrogens with zero attached hydrogens (tertiary/aromatic N) is 4. The van der Waals surface area contributed by atoms with Crippen LogP contribution in [0.1, 0.15) is 62.6 Å². The fourth-order valence-corrected chi connectivity index (χ4v) is 9.13. The van der Waals surface area contributed by atoms with Crippen molar-refractivity contribution in [2.45, 2.75) is 58.3 Å². The van der Waals surface area contributed by atoms with Gasteiger partial charge in [0.15, 0.2) is 17.5 Å². The van der Waals surface area contributed by atoms with Crippen molar-refractivity contribution in [2.75, 3.05) is 0 Å². The molecule has 5 aromatic carbocycles. The molecule has 2 aliphatic rings. The molecule has 2 fully saturated rings. The molecule has 0 amide bonds. The van der Waals surface area contributed by atoms with E-state index in [1.165, 1.54) is 48.8 Å². The second-order valence-electron chi connectivity index (χ2n) is 15.0. The van der Waals surface area contributed by atoms with E-state index in [0.717, 1.165) is 51.1 Å². The maximum atomic E-state index is 9.39. The van der Waals surface area contributed by atoms with Gasteiger partial charge in [-0.3, -0.25) is 0 Å². The Bertz CT molecular complexity index is 2180. The molecule has 50 heavy (non-hydrogen) atoms. The molecule has 2 unspecified atom stereocenters. The summed E-state index contributed by atoms with van der Waals surface area (Å²) >= 11 is 0. The van der Waals surface area contributed by atoms with Crippen LogP contribution in [0.15, 0.2) is 121 Å². The van der Waals surface area contributed by atoms with Crippen LogP contribution in [0.3, 0.4) is 0 Å². The van der Waals surface area contributed by atoms with Gasteiger partial charge in [-0.15, -0.1) is 0 Å². The summed E-state index contributed by atoms with van der Waals surface area (Å²) in [5.41, 5.74) is 11.1. The number of hydrogen-bond acceptors (Lipinski definition) is 4. The molecule has 0 spiro atoms. The molecular weight excluding hydrogens is 609 g/mol. The van der Waals surface area contributed by atoms with Gasteiger partial charge in [0.05, 0.1) is 11.6 Å². The number of aryl methyl sites for hydroxylation is 1. The van der Waals surface area contributed by atoms with Gasteiger partial charge < -0.3 is 0 Å². The standard InChI is InChI=1S/C46H42N4/c1-30-20-34-21-31(2)27-46(26-30,28-34)41-18-19-42(32(3)22-41)39-23-38(35-10-6-4-7-11-35)24-40(25-39)45-49-43(36-12-8-5-9-13-36)48-44(50-45)37-16-14-33(29-47)15-17-37/h4-19,22-25,30-31,34H,20-21,26-28H2,1-3H3/t30-,31+,34?,46?. The number of nitriles is 1. The molecule has 246 valence electrons. The maximum absolute atomic E-state index is 9.39. The Morgan fingerprint density at radius 2 is 1.10 bits per heavy atom. The van der Waals surface area contributed by atoms with E-state index in [-0.39, 0.29) is 0 Å². The second-order valence-corrected chi connectivity index (χ2v) is 15.0. The average molecular weight is 651 g/mol. The van der Waals surface area contributed by atoms with Gasteiger partial charge >= 0.3 is 0 Å². The summed E-state index contributed by atoms with van der Waals surface area (Å²) < 4.78 is 0. The molecule has 6 aromatic rings. The highest BCUT2D eigenvalue weighted by atomic mass is 15.0. The number of aromatic nitrogens is 3. The molecule has 4 atom stereocenters. The van der Waals surface area contributed by atoms with Crippen molar-refractivity contribution in [3.63, 3.8) is 0 Å². The van der Waals surface area contributed by atoms with E-state index in [2.05, 4.69) is 93.6 Å². The van der Waals surface area contributed by atoms with Gasteiger partial charge in [0.25, 0.3) is 0 Å². The van der Waals surface area contributed by atoms with Crippen molar-refractivity contribution in [3.8, 4) is 62.5 Å². The Hall–Kier alpha value is -5.40. The summed E-state index contributed by atoms with van der Waals surface area (Å²) in [5.74, 6) is 4.21. The van der Waals surface area contributed by atoms with Gasteiger partial charge in [-0.05, 0) is 138 Å². The van der Waals surface area contributed by atoms with Crippen LogP contribution in [0.5, 0.6) is 0 Å². The molecule has 2 saturated carbocycles. The number of fused-ring (bicyclic) bond motifs is 2. The van der Waals surface area contributed by atoms with Gasteiger partial charge in [-0.2, -0.15) is 5.26 Å². The van der Waals surface area contributed by atoms with Gasteiger partial charge in [-0.25, -0.2) is 15.0 Å². The molecule has 0 N–H and O–H groups in total. The molecule has 1 aromatic heterocycles. The highest BCUT2D eigenvalue weighted by Crippen LogP contribution is 2.54. The van der Waals surface area contributed by atoms with Crippen LogP contribution in [0.25, 0.3) is 56.4 Å². The molecule has 1 heterocycles. The van der Waals surface area contributed by atoms with Crippen molar-refractivity contribution in [1.82, 2.24) is 15.0 Å². The van der Waals surface area contributed by atoms with Crippen molar-refractivity contribution >= 4 is 0 Å². The van der Waals surface area contributed by atoms with Gasteiger partial charge in [0.2, 0.25) is 0 Å². The van der Waals surface area contributed by atoms with E-state index < -0.39 is 0 Å². The van der Waals surface area contributed by atoms with E-state index in [1.54, 1.807) is 0 Å². The molecule has 2 bridgehead atoms. The summed E-state index contributed by atoms with van der Waals surface area (Å²) in [4.78, 5) is 15.1. The van der Waals surface area contributed by atoms with Gasteiger partial charge in [0, 0.05) is 16.7 Å². The predicted molar refractivity (Wildman–Crippen MR) is 203 cm³/mol. The minimum Gasteiger partial charge on any atom is -0.208 e. The van der Waals surface area contributed by atoms with Crippen LogP contribution < -0.4 is 0 Å². The topological polar surface area (TPSA) is 62.5 Å². The normalized spacial score (nSPS) is 21.4. The second kappa shape index (κ2) is 13.1. The summed E-state index contributed by atoms with van der Waals surface area (Å²) in [6.45, 7) is 7.21. The Kier molecular flexibility index (Phi) is 8.37. The molecule has 0 radical (unpaired) electrons. The lowest BCUT2D eigenvalue weighted by atomic mass is 9.54. The minimum atomic E-state index is 0.293. The van der Waals surface area contributed by atoms with E-state index >= 15 is 0 Å². The zero-order chi connectivity index (χ0) is 34.2. The lowest BCUT2D eigenvalue weighted by molar-refractivity contribution is 0.0780. The largest absolute Gasteiger partial charge is 0.208 e. The van der Waals surface area contributed by atoms with Gasteiger partial charge in [0.1, 0.15) is 0 Å². The zero-order valence-corrected chi connectivity index (χ0v) is 29.1. The minimum absolute atomic E-state index is 0.293. The molecule has 4 heteroatoms. The van der Waals surface area contributed by atoms with Gasteiger partial charge in [-0.1, -0.05) is 92.7 Å². The quantitative estimate of drug-likeness (QED) is 0.180. The van der Waals surface area contributed by atoms with E-state index in [1.807, 2.05) is 54.6 Å². The lowest BCUT2D eigenvalue weighted by Gasteiger charge is -2.50. The third-order valence-corrected chi connectivity index (χ3v) is 11.0. The summed E-state index contributed by atoms with van der Waals surface area (Å²) in [6, 6.07) is 44.3. The first-order valence-corrected chi connectivity index (χ1v) is 18.0. The molecule has 4 nitrogen and oxygen atoms in total. The Balaban J connectivity index is 1.27. The SMILES string of the molecule is Cc1cc(C23CC(C[C@@H](C)C2)C[C@H](C)C3)ccc1-c1cc(-c2ccccc2)cc(-c2nc(-c3ccccc3)nc(-c3ccc(C#N)cc3)n2)c1. The molecule has 0 saturated heterocycles. The van der Waals surface area contributed by atoms with E-state index in [0.29, 0.717) is 28.5 Å². The van der Waals surface area contributed by atoms with Crippen molar-refractivity contribution < 1.29 is 0 Å². The van der Waals surface area contributed by atoms with Crippen LogP contribution in [0, 0.1) is 36.0 Å². The molecule has 8 rings (SSSR count). The highest BCUT2D eigenvalue weighted by molar-refractivity contribution is 5.81. The van der Waals surface area contributed by atoms with Crippen LogP contribution >= 0.6 is 0 Å². The lowest BCUT2D eigenvalue weighted by Crippen LogP contribution is -2.42. The average Bonchev–Trinajstić information content (AvgIpc) is 3.14. The number of benzene rings is 5. The van der Waals surface area contributed by atoms with Crippen LogP contribution in [0.2, 0.25) is 0 Å². The monoisotopic (exact) mass is 650 g/mol. The number of rotatable bonds is 6. The summed E-state index contributed by atoms with van der Waals surface area (Å²) in [5, 5.41) is 9.39. The molecular formula is C46H42N4. The third-order valence-electron chi connectivity index (χ3n) is 11.0. The van der Waals surface area contributed by atoms with E-state index in [9.17, 15) is 5.26 Å². The fourth-order valence-electron chi connectivity index (χ4n) is 9.13. The van der Waals surface area contributed by atoms with Crippen molar-refractivity contribution in [2.24, 2.45) is 17.8 Å². The smallest absolute Gasteiger partial charge is 0.164 e. The maximum Gasteiger partial charge on any atom is 0.164 e. The Morgan fingerprint density at radius 1 is 0.560 bits per heavy atom. The van der Waals surface area contributed by atoms with Crippen LogP contribution in [0.4, 0.5) is 0 Å². The summed E-state index contributed by atoms with van der Waals surface area (Å²) in [7, 11) is 0. The number of hydrogen-bond donors (Lipinski definition) is 0. The predicted octanol–water partition coefficient (Wildman–Crippen LogP) is 11.5. The molecule has 2 aliphatic carbocycles. The third kappa shape index (κ3) is 6.25.